The first-order valence-corrected chi connectivity index (χ1v) is 9.48. The molecule has 0 aliphatic carbocycles. The second-order valence-corrected chi connectivity index (χ2v) is 7.41. The number of piperazine rings is 1. The van der Waals surface area contributed by atoms with Crippen LogP contribution in [0.5, 0.6) is 0 Å². The Balaban J connectivity index is 1.57. The fraction of sp³-hybridized carbons (Fsp3) is 0.833. The van der Waals surface area contributed by atoms with E-state index in [2.05, 4.69) is 58.1 Å². The number of hydrogen-bond acceptors (Lipinski definition) is 4. The molecule has 6 heteroatoms. The molecule has 2 saturated heterocycles. The maximum Gasteiger partial charge on any atom is 0.194 e. The van der Waals surface area contributed by atoms with Crippen molar-refractivity contribution in [3.63, 3.8) is 0 Å². The van der Waals surface area contributed by atoms with Gasteiger partial charge in [0.25, 0.3) is 0 Å². The first-order chi connectivity index (χ1) is 11.7. The van der Waals surface area contributed by atoms with E-state index in [0.717, 1.165) is 64.9 Å². The fourth-order valence-electron chi connectivity index (χ4n) is 3.94. The van der Waals surface area contributed by atoms with Crippen LogP contribution in [0.2, 0.25) is 0 Å². The predicted octanol–water partition coefficient (Wildman–Crippen LogP) is 0.144. The van der Waals surface area contributed by atoms with E-state index in [9.17, 15) is 0 Å². The van der Waals surface area contributed by atoms with Crippen molar-refractivity contribution < 1.29 is 0 Å². The van der Waals surface area contributed by atoms with Crippen molar-refractivity contribution in [3.8, 4) is 0 Å². The Labute approximate surface area is 147 Å². The molecule has 0 spiro atoms. The van der Waals surface area contributed by atoms with E-state index in [1.165, 1.54) is 6.42 Å². The summed E-state index contributed by atoms with van der Waals surface area (Å²) in [4.78, 5) is 14.9. The summed E-state index contributed by atoms with van der Waals surface area (Å²) in [6.07, 6.45) is 5.83. The normalized spacial score (nSPS) is 30.5. The largest absolute Gasteiger partial charge is 0.357 e. The van der Waals surface area contributed by atoms with Crippen LogP contribution in [-0.4, -0.2) is 111 Å². The van der Waals surface area contributed by atoms with Gasteiger partial charge in [-0.05, 0) is 27.4 Å². The lowest BCUT2D eigenvalue weighted by molar-refractivity contribution is 0.119. The lowest BCUT2D eigenvalue weighted by atomic mass is 10.2. The summed E-state index contributed by atoms with van der Waals surface area (Å²) in [6.45, 7) is 11.9. The molecular weight excluding hydrogens is 300 g/mol. The van der Waals surface area contributed by atoms with Crippen molar-refractivity contribution in [3.05, 3.63) is 12.2 Å². The summed E-state index contributed by atoms with van der Waals surface area (Å²) >= 11 is 0. The van der Waals surface area contributed by atoms with Crippen molar-refractivity contribution in [2.45, 2.75) is 25.4 Å². The van der Waals surface area contributed by atoms with Crippen LogP contribution in [0.25, 0.3) is 0 Å². The van der Waals surface area contributed by atoms with Gasteiger partial charge < -0.3 is 15.1 Å². The Bertz CT molecular complexity index is 454. The Morgan fingerprint density at radius 2 is 1.92 bits per heavy atom. The molecule has 24 heavy (non-hydrogen) atoms. The molecule has 3 rings (SSSR count). The van der Waals surface area contributed by atoms with E-state index >= 15 is 0 Å². The molecule has 136 valence electrons. The molecule has 2 unspecified atom stereocenters. The minimum absolute atomic E-state index is 0.526. The zero-order valence-electron chi connectivity index (χ0n) is 15.6. The number of likely N-dealkylation sites (tertiary alicyclic amines) is 1. The molecular formula is C18H34N6. The van der Waals surface area contributed by atoms with Gasteiger partial charge in [0, 0.05) is 64.4 Å². The quantitative estimate of drug-likeness (QED) is 0.450. The summed E-state index contributed by atoms with van der Waals surface area (Å²) < 4.78 is 0. The van der Waals surface area contributed by atoms with E-state index in [0.29, 0.717) is 12.1 Å². The third-order valence-electron chi connectivity index (χ3n) is 5.59. The fourth-order valence-corrected chi connectivity index (χ4v) is 3.94. The van der Waals surface area contributed by atoms with Gasteiger partial charge in [0.05, 0.1) is 6.54 Å². The summed E-state index contributed by atoms with van der Waals surface area (Å²) in [5, 5.41) is 3.51. The van der Waals surface area contributed by atoms with Gasteiger partial charge in [-0.25, -0.2) is 0 Å². The Morgan fingerprint density at radius 1 is 1.12 bits per heavy atom. The van der Waals surface area contributed by atoms with E-state index < -0.39 is 0 Å². The summed E-state index contributed by atoms with van der Waals surface area (Å²) in [7, 11) is 4.44. The third kappa shape index (κ3) is 4.29. The average Bonchev–Trinajstić information content (AvgIpc) is 3.25. The van der Waals surface area contributed by atoms with Gasteiger partial charge in [0.2, 0.25) is 0 Å². The Kier molecular flexibility index (Phi) is 6.14. The molecule has 0 amide bonds. The smallest absolute Gasteiger partial charge is 0.194 e. The SMILES string of the molecule is CCNC(=NCC1CN(C)CCN1C)N1CCC(N2CC=CC2)C1. The number of likely N-dealkylation sites (N-methyl/N-ethyl adjacent to an activating group) is 2. The lowest BCUT2D eigenvalue weighted by Crippen LogP contribution is -2.52. The van der Waals surface area contributed by atoms with Crippen LogP contribution in [0.3, 0.4) is 0 Å². The van der Waals surface area contributed by atoms with Gasteiger partial charge >= 0.3 is 0 Å². The Hall–Kier alpha value is -1.11. The monoisotopic (exact) mass is 334 g/mol. The van der Waals surface area contributed by atoms with Gasteiger partial charge in [0.15, 0.2) is 5.96 Å². The van der Waals surface area contributed by atoms with Gasteiger partial charge in [-0.3, -0.25) is 14.8 Å². The highest BCUT2D eigenvalue weighted by atomic mass is 15.3. The molecule has 0 aromatic heterocycles. The second kappa shape index (κ2) is 8.32. The minimum atomic E-state index is 0.526. The zero-order valence-corrected chi connectivity index (χ0v) is 15.6. The van der Waals surface area contributed by atoms with E-state index in [4.69, 9.17) is 4.99 Å². The standard InChI is InChI=1S/C18H34N6/c1-4-19-18(20-13-17-14-21(2)11-12-22(17)3)24-10-7-16(15-24)23-8-5-6-9-23/h5-6,16-17H,4,7-15H2,1-3H3,(H,19,20). The lowest BCUT2D eigenvalue weighted by Gasteiger charge is -2.37. The van der Waals surface area contributed by atoms with Crippen LogP contribution >= 0.6 is 0 Å². The van der Waals surface area contributed by atoms with Crippen LogP contribution in [0.1, 0.15) is 13.3 Å². The number of nitrogens with one attached hydrogen (secondary N) is 1. The summed E-state index contributed by atoms with van der Waals surface area (Å²) in [5.41, 5.74) is 0. The highest BCUT2D eigenvalue weighted by molar-refractivity contribution is 5.80. The van der Waals surface area contributed by atoms with Crippen molar-refractivity contribution in [2.75, 3.05) is 73.0 Å². The van der Waals surface area contributed by atoms with Crippen LogP contribution < -0.4 is 5.32 Å². The maximum absolute atomic E-state index is 4.99. The molecule has 0 aromatic rings. The van der Waals surface area contributed by atoms with E-state index in [1.54, 1.807) is 0 Å². The Morgan fingerprint density at radius 3 is 2.67 bits per heavy atom. The minimum Gasteiger partial charge on any atom is -0.357 e. The number of nitrogens with zero attached hydrogens (tertiary/aromatic N) is 5. The van der Waals surface area contributed by atoms with Crippen molar-refractivity contribution in [1.29, 1.82) is 0 Å². The molecule has 0 aromatic carbocycles. The number of hydrogen-bond donors (Lipinski definition) is 1. The molecule has 0 radical (unpaired) electrons. The molecule has 1 N–H and O–H groups in total. The third-order valence-corrected chi connectivity index (χ3v) is 5.59. The highest BCUT2D eigenvalue weighted by Crippen LogP contribution is 2.18. The molecule has 3 heterocycles. The average molecular weight is 335 g/mol. The first kappa shape index (κ1) is 17.7. The second-order valence-electron chi connectivity index (χ2n) is 7.41. The van der Waals surface area contributed by atoms with Crippen LogP contribution in [0.15, 0.2) is 17.1 Å². The highest BCUT2D eigenvalue weighted by Gasteiger charge is 2.30. The number of aliphatic imine (C=N–C) groups is 1. The molecule has 0 saturated carbocycles. The number of guanidine groups is 1. The topological polar surface area (TPSA) is 37.4 Å². The maximum atomic E-state index is 4.99. The molecule has 6 nitrogen and oxygen atoms in total. The van der Waals surface area contributed by atoms with Crippen molar-refractivity contribution in [2.24, 2.45) is 4.99 Å². The zero-order chi connectivity index (χ0) is 16.9. The van der Waals surface area contributed by atoms with Crippen molar-refractivity contribution in [1.82, 2.24) is 24.9 Å². The van der Waals surface area contributed by atoms with Crippen molar-refractivity contribution >= 4 is 5.96 Å². The molecule has 2 atom stereocenters. The predicted molar refractivity (Wildman–Crippen MR) is 101 cm³/mol. The molecule has 3 aliphatic heterocycles. The van der Waals surface area contributed by atoms with Gasteiger partial charge in [-0.15, -0.1) is 0 Å². The van der Waals surface area contributed by atoms with E-state index in [1.807, 2.05) is 0 Å². The van der Waals surface area contributed by atoms with Crippen LogP contribution in [-0.2, 0) is 0 Å². The molecule has 0 bridgehead atoms. The molecule has 3 aliphatic rings. The number of rotatable bonds is 4. The van der Waals surface area contributed by atoms with Gasteiger partial charge in [-0.1, -0.05) is 12.2 Å². The summed E-state index contributed by atoms with van der Waals surface area (Å²) in [5.74, 6) is 1.11. The van der Waals surface area contributed by atoms with Crippen LogP contribution in [0, 0.1) is 0 Å². The first-order valence-electron chi connectivity index (χ1n) is 9.48. The van der Waals surface area contributed by atoms with Gasteiger partial charge in [-0.2, -0.15) is 0 Å². The van der Waals surface area contributed by atoms with Crippen LogP contribution in [0.4, 0.5) is 0 Å². The van der Waals surface area contributed by atoms with E-state index in [-0.39, 0.29) is 0 Å². The molecule has 2 fully saturated rings. The van der Waals surface area contributed by atoms with Gasteiger partial charge in [0.1, 0.15) is 0 Å². The summed E-state index contributed by atoms with van der Waals surface area (Å²) in [6, 6.07) is 1.20.